The van der Waals surface area contributed by atoms with Crippen molar-refractivity contribution in [1.82, 2.24) is 15.3 Å². The van der Waals surface area contributed by atoms with Gasteiger partial charge < -0.3 is 15.0 Å². The van der Waals surface area contributed by atoms with Crippen molar-refractivity contribution in [2.45, 2.75) is 19.5 Å². The van der Waals surface area contributed by atoms with E-state index in [0.29, 0.717) is 36.6 Å². The summed E-state index contributed by atoms with van der Waals surface area (Å²) < 4.78 is 6.19. The van der Waals surface area contributed by atoms with Gasteiger partial charge in [0.05, 0.1) is 17.7 Å². The number of hydrogen-bond donors (Lipinski definition) is 1. The van der Waals surface area contributed by atoms with Gasteiger partial charge in [0.2, 0.25) is 11.2 Å². The predicted molar refractivity (Wildman–Crippen MR) is 99.7 cm³/mol. The van der Waals surface area contributed by atoms with Crippen LogP contribution in [0.5, 0.6) is 0 Å². The molecular weight excluding hydrogens is 408 g/mol. The summed E-state index contributed by atoms with van der Waals surface area (Å²) in [6.45, 7) is 3.87. The molecule has 3 rings (SSSR count). The quantitative estimate of drug-likeness (QED) is 0.763. The van der Waals surface area contributed by atoms with Gasteiger partial charge in [0.25, 0.3) is 0 Å². The van der Waals surface area contributed by atoms with Crippen molar-refractivity contribution < 1.29 is 9.53 Å². The molecular formula is C17H18BrClN4O2. The average molecular weight is 426 g/mol. The van der Waals surface area contributed by atoms with Gasteiger partial charge in [0.15, 0.2) is 0 Å². The molecule has 2 heterocycles. The van der Waals surface area contributed by atoms with Gasteiger partial charge in [-0.3, -0.25) is 4.79 Å². The van der Waals surface area contributed by atoms with E-state index in [-0.39, 0.29) is 11.2 Å². The molecule has 1 saturated heterocycles. The molecule has 0 spiro atoms. The van der Waals surface area contributed by atoms with Crippen LogP contribution in [0.1, 0.15) is 11.1 Å². The van der Waals surface area contributed by atoms with Crippen molar-refractivity contribution >= 4 is 39.3 Å². The maximum atomic E-state index is 12.7. The molecule has 0 aliphatic carbocycles. The van der Waals surface area contributed by atoms with Crippen molar-refractivity contribution in [3.05, 3.63) is 51.3 Å². The van der Waals surface area contributed by atoms with Gasteiger partial charge in [-0.15, -0.1) is 0 Å². The Morgan fingerprint density at radius 2 is 2.20 bits per heavy atom. The topological polar surface area (TPSA) is 67.3 Å². The lowest BCUT2D eigenvalue weighted by atomic mass is 10.1. The van der Waals surface area contributed by atoms with E-state index in [1.54, 1.807) is 6.20 Å². The molecule has 2 aromatic rings. The lowest BCUT2D eigenvalue weighted by Gasteiger charge is -2.35. The highest BCUT2D eigenvalue weighted by molar-refractivity contribution is 9.10. The summed E-state index contributed by atoms with van der Waals surface area (Å²) in [5.41, 5.74) is 2.24. The third-order valence-electron chi connectivity index (χ3n) is 3.99. The van der Waals surface area contributed by atoms with Crippen LogP contribution in [-0.2, 0) is 16.1 Å². The maximum Gasteiger partial charge on any atom is 0.245 e. The second kappa shape index (κ2) is 8.12. The molecule has 25 heavy (non-hydrogen) atoms. The molecule has 1 aromatic heterocycles. The van der Waals surface area contributed by atoms with E-state index in [1.165, 1.54) is 5.56 Å². The van der Waals surface area contributed by atoms with Crippen LogP contribution in [0.4, 0.5) is 5.82 Å². The van der Waals surface area contributed by atoms with Crippen LogP contribution >= 0.6 is 27.5 Å². The first kappa shape index (κ1) is 18.1. The summed E-state index contributed by atoms with van der Waals surface area (Å²) in [4.78, 5) is 22.8. The average Bonchev–Trinajstić information content (AvgIpc) is 2.63. The highest BCUT2D eigenvalue weighted by Crippen LogP contribution is 2.27. The largest absolute Gasteiger partial charge is 0.377 e. The summed E-state index contributed by atoms with van der Waals surface area (Å²) in [7, 11) is 0. The molecule has 1 amide bonds. The minimum Gasteiger partial charge on any atom is -0.377 e. The van der Waals surface area contributed by atoms with Crippen molar-refractivity contribution in [1.29, 1.82) is 0 Å². The molecule has 6 nitrogen and oxygen atoms in total. The number of ether oxygens (including phenoxy) is 1. The lowest BCUT2D eigenvalue weighted by Crippen LogP contribution is -2.54. The fourth-order valence-electron chi connectivity index (χ4n) is 2.63. The molecule has 8 heteroatoms. The van der Waals surface area contributed by atoms with Gasteiger partial charge in [0.1, 0.15) is 11.9 Å². The number of carbonyl (C=O) groups is 1. The number of halogens is 2. The smallest absolute Gasteiger partial charge is 0.245 e. The summed E-state index contributed by atoms with van der Waals surface area (Å²) in [5, 5.41) is 3.11. The summed E-state index contributed by atoms with van der Waals surface area (Å²) in [6.07, 6.45) is 1.58. The fraction of sp³-hybridized carbons (Fsp3) is 0.353. The zero-order valence-electron chi connectivity index (χ0n) is 13.7. The Bertz CT molecular complexity index is 757. The van der Waals surface area contributed by atoms with Crippen molar-refractivity contribution in [3.8, 4) is 0 Å². The number of rotatable bonds is 4. The number of aryl methyl sites for hydroxylation is 1. The zero-order valence-corrected chi connectivity index (χ0v) is 16.0. The minimum atomic E-state index is -0.471. The highest BCUT2D eigenvalue weighted by atomic mass is 79.9. The molecule has 1 aliphatic rings. The number of nitrogens with zero attached hydrogens (tertiary/aromatic N) is 3. The molecule has 1 fully saturated rings. The molecule has 1 aromatic carbocycles. The van der Waals surface area contributed by atoms with Gasteiger partial charge >= 0.3 is 0 Å². The van der Waals surface area contributed by atoms with Crippen molar-refractivity contribution in [3.63, 3.8) is 0 Å². The Morgan fingerprint density at radius 3 is 2.96 bits per heavy atom. The number of morpholine rings is 1. The highest BCUT2D eigenvalue weighted by Gasteiger charge is 2.31. The van der Waals surface area contributed by atoms with Crippen LogP contribution < -0.4 is 10.2 Å². The van der Waals surface area contributed by atoms with E-state index >= 15 is 0 Å². The van der Waals surface area contributed by atoms with Crippen LogP contribution in [0.2, 0.25) is 5.28 Å². The third-order valence-corrected chi connectivity index (χ3v) is 4.73. The first-order chi connectivity index (χ1) is 12.0. The third kappa shape index (κ3) is 4.48. The van der Waals surface area contributed by atoms with Gasteiger partial charge in [-0.2, -0.15) is 4.98 Å². The zero-order chi connectivity index (χ0) is 17.8. The monoisotopic (exact) mass is 424 g/mol. The van der Waals surface area contributed by atoms with Crippen LogP contribution in [0, 0.1) is 6.92 Å². The van der Waals surface area contributed by atoms with Crippen molar-refractivity contribution in [2.75, 3.05) is 24.7 Å². The van der Waals surface area contributed by atoms with Gasteiger partial charge in [-0.05, 0) is 40.0 Å². The van der Waals surface area contributed by atoms with E-state index in [9.17, 15) is 4.79 Å². The van der Waals surface area contributed by atoms with Crippen LogP contribution in [0.3, 0.4) is 0 Å². The van der Waals surface area contributed by atoms with E-state index in [4.69, 9.17) is 16.3 Å². The normalized spacial score (nSPS) is 17.4. The summed E-state index contributed by atoms with van der Waals surface area (Å²) in [6, 6.07) is 7.59. The molecule has 1 aliphatic heterocycles. The predicted octanol–water partition coefficient (Wildman–Crippen LogP) is 2.72. The van der Waals surface area contributed by atoms with E-state index in [1.807, 2.05) is 36.1 Å². The number of carbonyl (C=O) groups excluding carboxylic acids is 1. The van der Waals surface area contributed by atoms with Gasteiger partial charge in [0, 0.05) is 19.3 Å². The number of nitrogens with one attached hydrogen (secondary N) is 1. The Balaban J connectivity index is 1.72. The Morgan fingerprint density at radius 1 is 1.44 bits per heavy atom. The standard InChI is InChI=1S/C17H18BrClN4O2/c1-11-2-4-12(5-3-11)8-20-16(24)14-10-25-7-6-23(14)15-13(18)9-21-17(19)22-15/h2-5,9,14H,6-8,10H2,1H3,(H,20,24). The van der Waals surface area contributed by atoms with Crippen LogP contribution in [0.25, 0.3) is 0 Å². The second-order valence-corrected chi connectivity index (χ2v) is 6.99. The first-order valence-corrected chi connectivity index (χ1v) is 9.07. The number of benzene rings is 1. The van der Waals surface area contributed by atoms with Gasteiger partial charge in [-0.1, -0.05) is 29.8 Å². The Kier molecular flexibility index (Phi) is 5.88. The molecule has 1 atom stereocenters. The molecule has 0 bridgehead atoms. The minimum absolute atomic E-state index is 0.109. The first-order valence-electron chi connectivity index (χ1n) is 7.90. The fourth-order valence-corrected chi connectivity index (χ4v) is 3.17. The van der Waals surface area contributed by atoms with E-state index in [0.717, 1.165) is 5.56 Å². The Labute approximate surface area is 159 Å². The summed E-state index contributed by atoms with van der Waals surface area (Å²) >= 11 is 9.34. The summed E-state index contributed by atoms with van der Waals surface area (Å²) in [5.74, 6) is 0.487. The molecule has 1 unspecified atom stereocenters. The van der Waals surface area contributed by atoms with Crippen LogP contribution in [0.15, 0.2) is 34.9 Å². The van der Waals surface area contributed by atoms with E-state index < -0.39 is 6.04 Å². The molecule has 1 N–H and O–H groups in total. The van der Waals surface area contributed by atoms with Crippen LogP contribution in [-0.4, -0.2) is 41.7 Å². The molecule has 132 valence electrons. The number of aromatic nitrogens is 2. The second-order valence-electron chi connectivity index (χ2n) is 5.80. The molecule has 0 radical (unpaired) electrons. The SMILES string of the molecule is Cc1ccc(CNC(=O)C2COCCN2c2nc(Cl)ncc2Br)cc1. The maximum absolute atomic E-state index is 12.7. The number of hydrogen-bond acceptors (Lipinski definition) is 5. The van der Waals surface area contributed by atoms with Crippen molar-refractivity contribution in [2.24, 2.45) is 0 Å². The van der Waals surface area contributed by atoms with Gasteiger partial charge in [-0.25, -0.2) is 4.98 Å². The Hall–Kier alpha value is -1.70. The lowest BCUT2D eigenvalue weighted by molar-refractivity contribution is -0.124. The number of anilines is 1. The molecule has 0 saturated carbocycles. The van der Waals surface area contributed by atoms with E-state index in [2.05, 4.69) is 31.2 Å². The number of amides is 1.